The van der Waals surface area contributed by atoms with Gasteiger partial charge in [0, 0.05) is 41.8 Å². The van der Waals surface area contributed by atoms with Crippen molar-refractivity contribution in [2.24, 2.45) is 0 Å². The molecule has 3 aromatic rings. The highest BCUT2D eigenvalue weighted by Crippen LogP contribution is 2.37. The summed E-state index contributed by atoms with van der Waals surface area (Å²) in [4.78, 5) is 26.5. The van der Waals surface area contributed by atoms with Gasteiger partial charge in [0.2, 0.25) is 0 Å². The molecule has 1 aromatic carbocycles. The number of hydrogen-bond donors (Lipinski definition) is 0. The van der Waals surface area contributed by atoms with Gasteiger partial charge >= 0.3 is 6.09 Å². The van der Waals surface area contributed by atoms with Crippen LogP contribution in [0, 0.1) is 6.92 Å². The second-order valence-corrected chi connectivity index (χ2v) is 10.2. The van der Waals surface area contributed by atoms with E-state index in [1.807, 2.05) is 46.9 Å². The number of oxazole rings is 1. The molecule has 3 heterocycles. The third-order valence-electron chi connectivity index (χ3n) is 4.82. The standard InChI is InChI=1S/C21H25ClN4O3S/c1-12-11-25(20(27)29-21(3,4)5)6-7-26(12)19-24-16-9-14(22)8-15(17(16)28-19)18-23-10-13(2)30-18/h8-10,12H,6-7,11H2,1-5H3/t12-/m0/s1. The van der Waals surface area contributed by atoms with Gasteiger partial charge in [0.1, 0.15) is 16.1 Å². The monoisotopic (exact) mass is 448 g/mol. The number of amides is 1. The molecule has 30 heavy (non-hydrogen) atoms. The molecule has 1 aliphatic rings. The van der Waals surface area contributed by atoms with Crippen molar-refractivity contribution in [2.75, 3.05) is 24.5 Å². The molecule has 0 spiro atoms. The summed E-state index contributed by atoms with van der Waals surface area (Å²) in [7, 11) is 0. The summed E-state index contributed by atoms with van der Waals surface area (Å²) in [5, 5.41) is 1.44. The zero-order chi connectivity index (χ0) is 21.6. The number of ether oxygens (including phenoxy) is 1. The molecule has 160 valence electrons. The Morgan fingerprint density at radius 2 is 2.10 bits per heavy atom. The van der Waals surface area contributed by atoms with E-state index in [0.717, 1.165) is 15.4 Å². The summed E-state index contributed by atoms with van der Waals surface area (Å²) in [5.41, 5.74) is 1.70. The van der Waals surface area contributed by atoms with Crippen molar-refractivity contribution in [3.05, 3.63) is 28.2 Å². The molecule has 4 rings (SSSR count). The molecular formula is C21H25ClN4O3S. The molecule has 0 radical (unpaired) electrons. The molecule has 0 N–H and O–H groups in total. The van der Waals surface area contributed by atoms with E-state index in [2.05, 4.69) is 14.9 Å². The van der Waals surface area contributed by atoms with E-state index < -0.39 is 5.60 Å². The molecule has 0 bridgehead atoms. The van der Waals surface area contributed by atoms with Gasteiger partial charge in [-0.1, -0.05) is 11.6 Å². The minimum absolute atomic E-state index is 0.0281. The van der Waals surface area contributed by atoms with Crippen molar-refractivity contribution >= 4 is 46.1 Å². The maximum Gasteiger partial charge on any atom is 0.410 e. The molecule has 1 aliphatic heterocycles. The number of aromatic nitrogens is 2. The SMILES string of the molecule is Cc1cnc(-c2cc(Cl)cc3nc(N4CCN(C(=O)OC(C)(C)C)C[C@@H]4C)oc23)s1. The van der Waals surface area contributed by atoms with Crippen LogP contribution in [0.15, 0.2) is 22.7 Å². The Kier molecular flexibility index (Phi) is 5.40. The van der Waals surface area contributed by atoms with E-state index in [9.17, 15) is 4.79 Å². The zero-order valence-corrected chi connectivity index (χ0v) is 19.3. The second kappa shape index (κ2) is 7.74. The fraction of sp³-hybridized carbons (Fsp3) is 0.476. The minimum Gasteiger partial charge on any atom is -0.444 e. The number of halogens is 1. The van der Waals surface area contributed by atoms with E-state index in [4.69, 9.17) is 20.8 Å². The van der Waals surface area contributed by atoms with E-state index >= 15 is 0 Å². The van der Waals surface area contributed by atoms with Crippen LogP contribution in [-0.4, -0.2) is 52.2 Å². The maximum atomic E-state index is 12.4. The normalized spacial score (nSPS) is 17.6. The smallest absolute Gasteiger partial charge is 0.410 e. The highest BCUT2D eigenvalue weighted by molar-refractivity contribution is 7.15. The summed E-state index contributed by atoms with van der Waals surface area (Å²) < 4.78 is 11.7. The molecule has 0 saturated carbocycles. The van der Waals surface area contributed by atoms with Gasteiger partial charge in [0.15, 0.2) is 5.58 Å². The van der Waals surface area contributed by atoms with Gasteiger partial charge < -0.3 is 19.0 Å². The number of anilines is 1. The Hall–Kier alpha value is -2.32. The fourth-order valence-electron chi connectivity index (χ4n) is 3.48. The number of fused-ring (bicyclic) bond motifs is 1. The van der Waals surface area contributed by atoms with Crippen molar-refractivity contribution in [1.82, 2.24) is 14.9 Å². The minimum atomic E-state index is -0.512. The Morgan fingerprint density at radius 3 is 2.73 bits per heavy atom. The van der Waals surface area contributed by atoms with Gasteiger partial charge in [-0.15, -0.1) is 11.3 Å². The van der Waals surface area contributed by atoms with Gasteiger partial charge in [0.05, 0.1) is 5.56 Å². The van der Waals surface area contributed by atoms with Gasteiger partial charge in [0.25, 0.3) is 6.01 Å². The Morgan fingerprint density at radius 1 is 1.33 bits per heavy atom. The molecule has 1 amide bonds. The highest BCUT2D eigenvalue weighted by Gasteiger charge is 2.32. The van der Waals surface area contributed by atoms with Crippen molar-refractivity contribution in [3.63, 3.8) is 0 Å². The molecule has 7 nitrogen and oxygen atoms in total. The Labute approximate surface area is 184 Å². The number of rotatable bonds is 2. The summed E-state index contributed by atoms with van der Waals surface area (Å²) in [6, 6.07) is 4.22. The van der Waals surface area contributed by atoms with E-state index in [-0.39, 0.29) is 12.1 Å². The number of carbonyl (C=O) groups excluding carboxylic acids is 1. The largest absolute Gasteiger partial charge is 0.444 e. The number of piperazine rings is 1. The number of aryl methyl sites for hydroxylation is 1. The molecule has 9 heteroatoms. The zero-order valence-electron chi connectivity index (χ0n) is 17.7. The van der Waals surface area contributed by atoms with Crippen LogP contribution in [-0.2, 0) is 4.74 Å². The summed E-state index contributed by atoms with van der Waals surface area (Å²) >= 11 is 7.92. The quantitative estimate of drug-likeness (QED) is 0.525. The lowest BCUT2D eigenvalue weighted by atomic mass is 10.2. The average Bonchev–Trinajstić information content (AvgIpc) is 3.25. The average molecular weight is 449 g/mol. The van der Waals surface area contributed by atoms with Gasteiger partial charge in [-0.2, -0.15) is 4.98 Å². The predicted octanol–water partition coefficient (Wildman–Crippen LogP) is 5.36. The Bertz CT molecular complexity index is 1090. The number of carbonyl (C=O) groups is 1. The maximum absolute atomic E-state index is 12.4. The van der Waals surface area contributed by atoms with Crippen molar-refractivity contribution in [1.29, 1.82) is 0 Å². The third kappa shape index (κ3) is 4.25. The summed E-state index contributed by atoms with van der Waals surface area (Å²) in [5.74, 6) is 0. The number of benzene rings is 1. The van der Waals surface area contributed by atoms with Crippen LogP contribution in [0.1, 0.15) is 32.6 Å². The van der Waals surface area contributed by atoms with Gasteiger partial charge in [-0.25, -0.2) is 9.78 Å². The van der Waals surface area contributed by atoms with Crippen LogP contribution in [0.2, 0.25) is 5.02 Å². The lowest BCUT2D eigenvalue weighted by Crippen LogP contribution is -2.54. The summed E-state index contributed by atoms with van der Waals surface area (Å²) in [6.45, 7) is 11.3. The van der Waals surface area contributed by atoms with E-state index in [1.165, 1.54) is 0 Å². The molecular weight excluding hydrogens is 424 g/mol. The molecule has 0 unspecified atom stereocenters. The van der Waals surface area contributed by atoms with Crippen LogP contribution in [0.3, 0.4) is 0 Å². The number of thiazole rings is 1. The van der Waals surface area contributed by atoms with Crippen LogP contribution in [0.25, 0.3) is 21.7 Å². The first-order valence-corrected chi connectivity index (χ1v) is 11.1. The van der Waals surface area contributed by atoms with Gasteiger partial charge in [-0.3, -0.25) is 0 Å². The van der Waals surface area contributed by atoms with Crippen molar-refractivity contribution in [2.45, 2.75) is 46.3 Å². The highest BCUT2D eigenvalue weighted by atomic mass is 35.5. The lowest BCUT2D eigenvalue weighted by molar-refractivity contribution is 0.0216. The fourth-order valence-corrected chi connectivity index (χ4v) is 4.47. The molecule has 1 saturated heterocycles. The third-order valence-corrected chi connectivity index (χ3v) is 5.98. The van der Waals surface area contributed by atoms with Crippen LogP contribution in [0.5, 0.6) is 0 Å². The topological polar surface area (TPSA) is 71.7 Å². The van der Waals surface area contributed by atoms with Crippen LogP contribution >= 0.6 is 22.9 Å². The first kappa shape index (κ1) is 20.9. The number of nitrogens with zero attached hydrogens (tertiary/aromatic N) is 4. The number of hydrogen-bond acceptors (Lipinski definition) is 7. The molecule has 1 fully saturated rings. The predicted molar refractivity (Wildman–Crippen MR) is 119 cm³/mol. The van der Waals surface area contributed by atoms with Crippen molar-refractivity contribution < 1.29 is 13.9 Å². The Balaban J connectivity index is 1.59. The lowest BCUT2D eigenvalue weighted by Gasteiger charge is -2.39. The molecule has 0 aliphatic carbocycles. The van der Waals surface area contributed by atoms with E-state index in [0.29, 0.717) is 41.8 Å². The van der Waals surface area contributed by atoms with Gasteiger partial charge in [-0.05, 0) is 46.8 Å². The second-order valence-electron chi connectivity index (χ2n) is 8.54. The van der Waals surface area contributed by atoms with E-state index in [1.54, 1.807) is 22.3 Å². The van der Waals surface area contributed by atoms with Crippen LogP contribution in [0.4, 0.5) is 10.8 Å². The molecule has 1 atom stereocenters. The summed E-state index contributed by atoms with van der Waals surface area (Å²) in [6.07, 6.45) is 1.54. The first-order chi connectivity index (χ1) is 14.1. The first-order valence-electron chi connectivity index (χ1n) is 9.88. The van der Waals surface area contributed by atoms with Crippen molar-refractivity contribution in [3.8, 4) is 10.6 Å². The molecule has 2 aromatic heterocycles. The van der Waals surface area contributed by atoms with Crippen LogP contribution < -0.4 is 4.90 Å².